The van der Waals surface area contributed by atoms with Gasteiger partial charge < -0.3 is 9.88 Å². The van der Waals surface area contributed by atoms with Gasteiger partial charge in [-0.2, -0.15) is 5.26 Å². The Labute approximate surface area is 168 Å². The van der Waals surface area contributed by atoms with E-state index in [1.165, 1.54) is 6.07 Å². The first kappa shape index (κ1) is 18.4. The Balaban J connectivity index is 2.08. The van der Waals surface area contributed by atoms with Crippen molar-refractivity contribution in [3.8, 4) is 28.5 Å². The molecule has 0 saturated carbocycles. The van der Waals surface area contributed by atoms with Crippen LogP contribution in [0.4, 0.5) is 5.82 Å². The van der Waals surface area contributed by atoms with Crippen molar-refractivity contribution >= 4 is 16.9 Å². The van der Waals surface area contributed by atoms with Crippen molar-refractivity contribution in [2.75, 3.05) is 19.0 Å². The second-order valence-corrected chi connectivity index (χ2v) is 7.07. The minimum absolute atomic E-state index is 0.0940. The van der Waals surface area contributed by atoms with Crippen molar-refractivity contribution in [2.45, 2.75) is 6.92 Å². The lowest BCUT2D eigenvalue weighted by Gasteiger charge is -2.16. The predicted molar refractivity (Wildman–Crippen MR) is 115 cm³/mol. The Morgan fingerprint density at radius 3 is 2.62 bits per heavy atom. The highest BCUT2D eigenvalue weighted by molar-refractivity contribution is 5.90. The third kappa shape index (κ3) is 3.46. The van der Waals surface area contributed by atoms with Crippen molar-refractivity contribution in [3.05, 3.63) is 76.2 Å². The van der Waals surface area contributed by atoms with Crippen LogP contribution in [0.2, 0.25) is 0 Å². The van der Waals surface area contributed by atoms with Crippen molar-refractivity contribution < 1.29 is 0 Å². The van der Waals surface area contributed by atoms with E-state index in [0.717, 1.165) is 28.2 Å². The van der Waals surface area contributed by atoms with Crippen LogP contribution in [0.15, 0.2) is 59.5 Å². The van der Waals surface area contributed by atoms with Gasteiger partial charge in [0.25, 0.3) is 0 Å². The van der Waals surface area contributed by atoms with Crippen molar-refractivity contribution in [1.29, 1.82) is 5.26 Å². The van der Waals surface area contributed by atoms with Gasteiger partial charge in [-0.25, -0.2) is 9.97 Å². The number of H-pyrrole nitrogens is 1. The van der Waals surface area contributed by atoms with Gasteiger partial charge >= 0.3 is 0 Å². The van der Waals surface area contributed by atoms with Crippen LogP contribution in [0.25, 0.3) is 33.4 Å². The minimum Gasteiger partial charge on any atom is -0.363 e. The molecule has 0 spiro atoms. The maximum absolute atomic E-state index is 12.4. The summed E-state index contributed by atoms with van der Waals surface area (Å²) in [4.78, 5) is 26.7. The molecule has 0 saturated heterocycles. The lowest BCUT2D eigenvalue weighted by atomic mass is 9.97. The Morgan fingerprint density at radius 1 is 1.03 bits per heavy atom. The predicted octanol–water partition coefficient (Wildman–Crippen LogP) is 3.90. The normalized spacial score (nSPS) is 10.7. The summed E-state index contributed by atoms with van der Waals surface area (Å²) in [5, 5.41) is 9.82. The second kappa shape index (κ2) is 7.21. The molecule has 4 aromatic rings. The van der Waals surface area contributed by atoms with Gasteiger partial charge in [0.15, 0.2) is 5.43 Å². The van der Waals surface area contributed by atoms with Crippen LogP contribution in [-0.4, -0.2) is 29.0 Å². The number of benzene rings is 1. The van der Waals surface area contributed by atoms with Gasteiger partial charge in [0.2, 0.25) is 0 Å². The number of nitrogens with one attached hydrogen (secondary N) is 1. The number of anilines is 1. The van der Waals surface area contributed by atoms with Crippen LogP contribution in [0, 0.1) is 18.3 Å². The topological polar surface area (TPSA) is 85.7 Å². The Hall–Kier alpha value is -3.98. The molecule has 1 N–H and O–H groups in total. The van der Waals surface area contributed by atoms with Crippen LogP contribution in [0.3, 0.4) is 0 Å². The van der Waals surface area contributed by atoms with Gasteiger partial charge in [-0.1, -0.05) is 12.1 Å². The number of aryl methyl sites for hydroxylation is 1. The molecule has 0 aliphatic carbocycles. The average molecular weight is 381 g/mol. The fraction of sp³-hybridized carbons (Fsp3) is 0.130. The monoisotopic (exact) mass is 381 g/mol. The van der Waals surface area contributed by atoms with Crippen LogP contribution < -0.4 is 10.3 Å². The fourth-order valence-corrected chi connectivity index (χ4v) is 3.31. The quantitative estimate of drug-likeness (QED) is 0.582. The molecule has 4 rings (SSSR count). The third-order valence-corrected chi connectivity index (χ3v) is 4.72. The maximum atomic E-state index is 12.4. The largest absolute Gasteiger partial charge is 0.363 e. The molecule has 3 heterocycles. The van der Waals surface area contributed by atoms with Gasteiger partial charge in [-0.3, -0.25) is 4.79 Å². The molecule has 0 atom stereocenters. The van der Waals surface area contributed by atoms with Crippen LogP contribution in [-0.2, 0) is 0 Å². The average Bonchev–Trinajstić information content (AvgIpc) is 2.72. The van der Waals surface area contributed by atoms with E-state index >= 15 is 0 Å². The molecule has 0 radical (unpaired) electrons. The number of fused-ring (bicyclic) bond motifs is 1. The second-order valence-electron chi connectivity index (χ2n) is 7.07. The summed E-state index contributed by atoms with van der Waals surface area (Å²) in [5.74, 6) is 0.818. The van der Waals surface area contributed by atoms with E-state index in [9.17, 15) is 10.1 Å². The highest BCUT2D eigenvalue weighted by atomic mass is 16.1. The zero-order chi connectivity index (χ0) is 20.5. The van der Waals surface area contributed by atoms with Crippen LogP contribution >= 0.6 is 0 Å². The highest BCUT2D eigenvalue weighted by Crippen LogP contribution is 2.34. The molecule has 0 aliphatic heterocycles. The van der Waals surface area contributed by atoms with E-state index in [4.69, 9.17) is 4.98 Å². The van der Waals surface area contributed by atoms with E-state index in [2.05, 4.69) is 16.0 Å². The number of hydrogen-bond donors (Lipinski definition) is 1. The molecule has 3 aromatic heterocycles. The molecule has 0 aliphatic rings. The Morgan fingerprint density at radius 2 is 1.86 bits per heavy atom. The van der Waals surface area contributed by atoms with Crippen molar-refractivity contribution in [1.82, 2.24) is 15.0 Å². The van der Waals surface area contributed by atoms with Crippen molar-refractivity contribution in [2.24, 2.45) is 0 Å². The summed E-state index contributed by atoms with van der Waals surface area (Å²) in [6.45, 7) is 1.94. The number of nitrogens with zero attached hydrogens (tertiary/aromatic N) is 4. The molecule has 6 heteroatoms. The lowest BCUT2D eigenvalue weighted by Crippen LogP contribution is -2.11. The molecular weight excluding hydrogens is 362 g/mol. The zero-order valence-corrected chi connectivity index (χ0v) is 16.4. The summed E-state index contributed by atoms with van der Waals surface area (Å²) in [6, 6.07) is 16.8. The van der Waals surface area contributed by atoms with E-state index < -0.39 is 0 Å². The fourth-order valence-electron chi connectivity index (χ4n) is 3.31. The van der Waals surface area contributed by atoms with Gasteiger partial charge in [0.05, 0.1) is 22.7 Å². The number of nitriles is 1. The third-order valence-electron chi connectivity index (χ3n) is 4.72. The summed E-state index contributed by atoms with van der Waals surface area (Å²) in [7, 11) is 3.87. The highest BCUT2D eigenvalue weighted by Gasteiger charge is 2.15. The van der Waals surface area contributed by atoms with E-state index in [1.54, 1.807) is 18.3 Å². The molecule has 0 fully saturated rings. The molecule has 6 nitrogen and oxygen atoms in total. The number of hydrogen-bond acceptors (Lipinski definition) is 5. The van der Waals surface area contributed by atoms with Gasteiger partial charge in [-0.05, 0) is 42.8 Å². The SMILES string of the molecule is Cc1cc(-c2cc3c(=O)cc[nH]c3nc2-c2cccc(C#N)c2)cc(N(C)C)n1. The molecule has 142 valence electrons. The zero-order valence-electron chi connectivity index (χ0n) is 16.4. The molecular formula is C23H19N5O. The number of aromatic amines is 1. The molecule has 0 bridgehead atoms. The first-order chi connectivity index (χ1) is 14.0. The number of pyridine rings is 3. The van der Waals surface area contributed by atoms with E-state index in [0.29, 0.717) is 22.3 Å². The standard InChI is InChI=1S/C23H19N5O/c1-14-9-17(11-21(26-14)28(2)3)18-12-19-20(29)7-8-25-23(19)27-22(18)16-6-4-5-15(10-16)13-24/h4-12H,1-3H3,(H,25,27,29). The summed E-state index contributed by atoms with van der Waals surface area (Å²) < 4.78 is 0. The summed E-state index contributed by atoms with van der Waals surface area (Å²) in [5.41, 5.74) is 5.08. The smallest absolute Gasteiger partial charge is 0.191 e. The van der Waals surface area contributed by atoms with E-state index in [-0.39, 0.29) is 5.43 Å². The van der Waals surface area contributed by atoms with E-state index in [1.807, 2.05) is 56.3 Å². The van der Waals surface area contributed by atoms with Gasteiger partial charge in [0.1, 0.15) is 11.5 Å². The van der Waals surface area contributed by atoms with Crippen LogP contribution in [0.5, 0.6) is 0 Å². The summed E-state index contributed by atoms with van der Waals surface area (Å²) in [6.07, 6.45) is 1.59. The summed E-state index contributed by atoms with van der Waals surface area (Å²) >= 11 is 0. The maximum Gasteiger partial charge on any atom is 0.191 e. The molecule has 29 heavy (non-hydrogen) atoms. The molecule has 0 unspecified atom stereocenters. The van der Waals surface area contributed by atoms with Gasteiger partial charge in [0, 0.05) is 43.2 Å². The molecule has 0 amide bonds. The minimum atomic E-state index is -0.0940. The number of rotatable bonds is 3. The lowest BCUT2D eigenvalue weighted by molar-refractivity contribution is 1.05. The van der Waals surface area contributed by atoms with Crippen LogP contribution in [0.1, 0.15) is 11.3 Å². The number of aromatic nitrogens is 3. The Kier molecular flexibility index (Phi) is 4.57. The Bertz CT molecular complexity index is 1330. The molecule has 1 aromatic carbocycles. The van der Waals surface area contributed by atoms with Gasteiger partial charge in [-0.15, -0.1) is 0 Å². The van der Waals surface area contributed by atoms with Crippen molar-refractivity contribution in [3.63, 3.8) is 0 Å². The first-order valence-electron chi connectivity index (χ1n) is 9.15. The first-order valence-corrected chi connectivity index (χ1v) is 9.15.